The number of hydrogen-bond acceptors (Lipinski definition) is 35. The molecule has 15 aliphatic rings. The summed E-state index contributed by atoms with van der Waals surface area (Å²) in [6.45, 7) is -2.49. The van der Waals surface area contributed by atoms with Crippen molar-refractivity contribution in [2.75, 3.05) is 46.2 Å². The van der Waals surface area contributed by atoms with E-state index in [1.54, 1.807) is 6.92 Å². The molecule has 0 unspecified atom stereocenters. The molecule has 498 valence electrons. The first-order valence-corrected chi connectivity index (χ1v) is 29.3. The van der Waals surface area contributed by atoms with Gasteiger partial charge in [-0.25, -0.2) is 0 Å². The van der Waals surface area contributed by atoms with Gasteiger partial charge in [0.1, 0.15) is 153 Å². The number of benzene rings is 1. The highest BCUT2D eigenvalue weighted by Crippen LogP contribution is 2.39. The zero-order chi connectivity index (χ0) is 63.2. The molecule has 35 nitrogen and oxygen atoms in total. The Bertz CT molecular complexity index is 2510. The van der Waals surface area contributed by atoms with Gasteiger partial charge in [-0.05, 0) is 38.0 Å². The summed E-state index contributed by atoms with van der Waals surface area (Å²) in [6.07, 6.45) is -62.5. The van der Waals surface area contributed by atoms with Crippen molar-refractivity contribution < 1.29 is 171 Å². The normalized spacial score (nSPS) is 48.6. The first-order valence-electron chi connectivity index (χ1n) is 27.9. The second-order valence-electron chi connectivity index (χ2n) is 22.3. The van der Waals surface area contributed by atoms with Crippen molar-refractivity contribution in [3.05, 3.63) is 41.0 Å². The molecule has 0 radical (unpaired) electrons. The predicted octanol–water partition coefficient (Wildman–Crippen LogP) is -11.1. The van der Waals surface area contributed by atoms with Crippen LogP contribution in [0.25, 0.3) is 0 Å². The fourth-order valence-electron chi connectivity index (χ4n) is 11.9. The van der Waals surface area contributed by atoms with Crippen LogP contribution in [-0.4, -0.2) is 349 Å². The lowest BCUT2D eigenvalue weighted by Crippen LogP contribution is -2.68. The van der Waals surface area contributed by atoms with Crippen molar-refractivity contribution in [1.29, 1.82) is 0 Å². The number of hydrogen-bond donors (Lipinski definition) is 18. The van der Waals surface area contributed by atoms with Gasteiger partial charge in [0.05, 0.1) is 51.1 Å². The van der Waals surface area contributed by atoms with Gasteiger partial charge in [-0.3, -0.25) is 4.18 Å². The lowest BCUT2D eigenvalue weighted by molar-refractivity contribution is -0.396. The lowest BCUT2D eigenvalue weighted by atomic mass is 9.95. The van der Waals surface area contributed by atoms with Gasteiger partial charge in [0.2, 0.25) is 0 Å². The molecular weight excluding hydrogens is 1200 g/mol. The average Bonchev–Trinajstić information content (AvgIpc) is 1.01. The summed E-state index contributed by atoms with van der Waals surface area (Å²) in [5.41, 5.74) is 1.11. The Morgan fingerprint density at radius 2 is 0.632 bits per heavy atom. The van der Waals surface area contributed by atoms with Gasteiger partial charge in [-0.15, -0.1) is 0 Å². The molecule has 18 N–H and O–H groups in total. The smallest absolute Gasteiger partial charge is 0.298 e. The molecule has 1 aromatic carbocycles. The van der Waals surface area contributed by atoms with Crippen molar-refractivity contribution in [3.8, 4) is 0 Å². The van der Waals surface area contributed by atoms with E-state index in [0.717, 1.165) is 6.08 Å². The van der Waals surface area contributed by atoms with Crippen LogP contribution in [0.3, 0.4) is 0 Å². The van der Waals surface area contributed by atoms with E-state index in [-0.39, 0.29) is 16.0 Å². The molecule has 1 aromatic rings. The first-order chi connectivity index (χ1) is 41.3. The van der Waals surface area contributed by atoms with Crippen LogP contribution in [0.2, 0.25) is 0 Å². The van der Waals surface area contributed by atoms with E-state index in [4.69, 9.17) is 70.5 Å². The van der Waals surface area contributed by atoms with Gasteiger partial charge >= 0.3 is 0 Å². The van der Waals surface area contributed by atoms with Crippen molar-refractivity contribution in [2.24, 2.45) is 0 Å². The second-order valence-corrected chi connectivity index (χ2v) is 23.8. The lowest BCUT2D eigenvalue weighted by Gasteiger charge is -2.50. The number of fused-ring (bicyclic) bond motifs is 7. The summed E-state index contributed by atoms with van der Waals surface area (Å²) < 4.78 is 116. The third-order valence-electron chi connectivity index (χ3n) is 16.3. The minimum absolute atomic E-state index is 0.214. The highest BCUT2D eigenvalue weighted by molar-refractivity contribution is 7.86. The number of ether oxygens (including phenoxy) is 14. The van der Waals surface area contributed by atoms with Crippen molar-refractivity contribution in [2.45, 2.75) is 228 Å². The Kier molecular flexibility index (Phi) is 22.9. The molecule has 0 saturated carbocycles. The monoisotopic (exact) mass is 1280 g/mol. The van der Waals surface area contributed by atoms with Gasteiger partial charge < -0.3 is 158 Å². The van der Waals surface area contributed by atoms with Gasteiger partial charge in [-0.2, -0.15) is 8.42 Å². The molecule has 0 aliphatic carbocycles. The molecule has 0 amide bonds. The topological polar surface area (TPSA) is 537 Å². The minimum Gasteiger partial charge on any atom is -0.394 e. The van der Waals surface area contributed by atoms with Crippen LogP contribution in [0.1, 0.15) is 16.7 Å². The Balaban J connectivity index is 1.04. The van der Waals surface area contributed by atoms with Crippen LogP contribution in [0.15, 0.2) is 29.2 Å². The van der Waals surface area contributed by atoms with Gasteiger partial charge in [0.15, 0.2) is 50.1 Å². The third-order valence-corrected chi connectivity index (χ3v) is 18.0. The molecule has 0 aromatic heterocycles. The van der Waals surface area contributed by atoms with E-state index in [0.29, 0.717) is 5.56 Å². The zero-order valence-corrected chi connectivity index (χ0v) is 47.5. The standard InChI is InChI=1S/C51H78O35S/c1-15-6-16(2)45(17(3)7-15)87(70,71)86-44-37(69)43-25(14-58)79-51(44)73-18-4-5-26(72-19(18)8-52)80-38-20(9-53)74-46(32(64)27(38)59)81-39-21(10-54)75-47(33(65)28(39)60)82-40-22(11-55)76-48(34(66)29(40)61)83-41-23(12-56)77-49(35(67)30(41)62)84-42-24(13-57)78-50(85-43)36(68)31(42)63/h4-7,18-44,46-69H,8-14H2,1-3H3/t18-,19+,20+,21+,22+,23+,24+,25+,26+,27+,28+,29+,30+,31+,32+,33+,34+,35+,36+,37-,38+,39+,40+,41+,42+,43+,44+,46+,47+,48+,49+,50+,51-/m0/s1. The second kappa shape index (κ2) is 28.8. The zero-order valence-electron chi connectivity index (χ0n) is 46.7. The van der Waals surface area contributed by atoms with Crippen molar-refractivity contribution >= 4 is 10.1 Å². The van der Waals surface area contributed by atoms with E-state index in [1.807, 2.05) is 0 Å². The van der Waals surface area contributed by atoms with E-state index in [1.165, 1.54) is 32.1 Å². The van der Waals surface area contributed by atoms with Crippen LogP contribution in [0, 0.1) is 20.8 Å². The maximum Gasteiger partial charge on any atom is 0.298 e. The van der Waals surface area contributed by atoms with Crippen molar-refractivity contribution in [3.63, 3.8) is 0 Å². The average molecular weight is 1280 g/mol. The summed E-state index contributed by atoms with van der Waals surface area (Å²) in [5.74, 6) is 0. The van der Waals surface area contributed by atoms with Crippen LogP contribution >= 0.6 is 0 Å². The van der Waals surface area contributed by atoms with E-state index >= 15 is 0 Å². The predicted molar refractivity (Wildman–Crippen MR) is 272 cm³/mol. The quantitative estimate of drug-likeness (QED) is 0.0764. The molecule has 87 heavy (non-hydrogen) atoms. The van der Waals surface area contributed by atoms with Crippen LogP contribution in [0.4, 0.5) is 0 Å². The molecule has 0 spiro atoms. The fraction of sp³-hybridized carbons (Fsp3) is 0.843. The van der Waals surface area contributed by atoms with E-state index in [9.17, 15) is 100 Å². The Morgan fingerprint density at radius 1 is 0.345 bits per heavy atom. The molecule has 15 heterocycles. The minimum atomic E-state index is -4.97. The van der Waals surface area contributed by atoms with Gasteiger partial charge in [-0.1, -0.05) is 23.8 Å². The molecule has 36 heteroatoms. The molecule has 33 atom stereocenters. The summed E-state index contributed by atoms with van der Waals surface area (Å²) in [7, 11) is -4.97. The third kappa shape index (κ3) is 14.0. The summed E-state index contributed by atoms with van der Waals surface area (Å²) in [4.78, 5) is -0.333. The van der Waals surface area contributed by atoms with Crippen LogP contribution in [0.5, 0.6) is 0 Å². The van der Waals surface area contributed by atoms with Gasteiger partial charge in [0, 0.05) is 0 Å². The summed E-state index contributed by atoms with van der Waals surface area (Å²) >= 11 is 0. The van der Waals surface area contributed by atoms with Crippen LogP contribution in [-0.2, 0) is 80.6 Å². The summed E-state index contributed by atoms with van der Waals surface area (Å²) in [6, 6.07) is 3.08. The molecule has 16 rings (SSSR count). The van der Waals surface area contributed by atoms with Crippen molar-refractivity contribution in [1.82, 2.24) is 0 Å². The number of aryl methyl sites for hydroxylation is 3. The molecule has 7 fully saturated rings. The van der Waals surface area contributed by atoms with E-state index < -0.39 is 259 Å². The maximum absolute atomic E-state index is 14.4. The largest absolute Gasteiger partial charge is 0.394 e. The Hall–Kier alpha value is -2.41. The highest BCUT2D eigenvalue weighted by Gasteiger charge is 2.59. The summed E-state index contributed by atoms with van der Waals surface area (Å²) in [5, 5.41) is 200. The number of aliphatic hydroxyl groups is 18. The van der Waals surface area contributed by atoms with E-state index in [2.05, 4.69) is 0 Å². The molecular formula is C51H78O35S. The first kappa shape index (κ1) is 68.9. The SMILES string of the molecule is Cc1cc(C)c(S(=O)(=O)O[C@H]2[C@H]3O[C@H]4C=C[C@@H](O[C@H]5[C@H](O)[C@@H](O)[C@@H](O[C@H]6[C@H](O)[C@@H](O)[C@@H](O[C@H]7[C@H](O)[C@@H](O)[C@@H](O[C@H]8[C@H](O)[C@@H](O)[C@@H](O[C@H]9[C@H](O)[C@@H](O)[C@@H](O[C@@H]([C@@H]2O)[C@@H](CO)O3)O[C@@H]9CO)O[C@@H]8CO)O[C@@H]7CO)O[C@@H]6CO)O[C@@H]5CO)O[C@@H]4CO)c(C)c1. The fourth-order valence-corrected chi connectivity index (χ4v) is 13.4. The Morgan fingerprint density at radius 3 is 0.943 bits per heavy atom. The Labute approximate surface area is 495 Å². The van der Waals surface area contributed by atoms with Crippen LogP contribution < -0.4 is 0 Å². The van der Waals surface area contributed by atoms with Gasteiger partial charge in [0.25, 0.3) is 10.1 Å². The number of aliphatic hydroxyl groups excluding tert-OH is 18. The number of rotatable bonds is 10. The molecule has 14 bridgehead atoms. The maximum atomic E-state index is 14.4. The molecule has 15 aliphatic heterocycles. The highest BCUT2D eigenvalue weighted by atomic mass is 32.2. The molecule has 7 saturated heterocycles.